The highest BCUT2D eigenvalue weighted by molar-refractivity contribution is 6.33. The van der Waals surface area contributed by atoms with Crippen molar-refractivity contribution < 1.29 is 23.9 Å². The van der Waals surface area contributed by atoms with Gasteiger partial charge in [-0.2, -0.15) is 0 Å². The topological polar surface area (TPSA) is 94.7 Å². The van der Waals surface area contributed by atoms with Crippen molar-refractivity contribution in [1.29, 1.82) is 0 Å². The Morgan fingerprint density at radius 1 is 1.10 bits per heavy atom. The summed E-state index contributed by atoms with van der Waals surface area (Å²) >= 11 is 6.58. The molecule has 4 aromatic rings. The van der Waals surface area contributed by atoms with Crippen molar-refractivity contribution in [3.8, 4) is 28.6 Å². The predicted octanol–water partition coefficient (Wildman–Crippen LogP) is 7.70. The summed E-state index contributed by atoms with van der Waals surface area (Å²) < 4.78 is 18.3. The van der Waals surface area contributed by atoms with Crippen LogP contribution in [0.25, 0.3) is 11.3 Å². The molecule has 2 aromatic heterocycles. The number of carboxylic acid groups (broad SMARTS) is 1. The lowest BCUT2D eigenvalue weighted by Gasteiger charge is -2.16. The lowest BCUT2D eigenvalue weighted by molar-refractivity contribution is 0.0696. The van der Waals surface area contributed by atoms with E-state index in [4.69, 9.17) is 30.6 Å². The molecule has 1 aliphatic heterocycles. The average Bonchev–Trinajstić information content (AvgIpc) is 3.84. The number of hydrogen-bond donors (Lipinski definition) is 1. The van der Waals surface area contributed by atoms with Gasteiger partial charge in [-0.25, -0.2) is 9.78 Å². The molecule has 3 heterocycles. The summed E-state index contributed by atoms with van der Waals surface area (Å²) in [7, 11) is 0. The first-order chi connectivity index (χ1) is 19.0. The second-order valence-electron chi connectivity index (χ2n) is 10.8. The Hall–Kier alpha value is -3.84. The monoisotopic (exact) mass is 542 g/mol. The van der Waals surface area contributed by atoms with Gasteiger partial charge >= 0.3 is 5.97 Å². The number of aromatic carboxylic acids is 1. The number of benzene rings is 2. The smallest absolute Gasteiger partial charge is 0.335 e. The van der Waals surface area contributed by atoms with E-state index >= 15 is 0 Å². The second kappa shape index (κ2) is 9.42. The maximum Gasteiger partial charge on any atom is 0.335 e. The molecule has 0 radical (unpaired) electrons. The molecule has 3 aliphatic rings. The number of ether oxygens (including phenoxy) is 2. The molecule has 1 atom stereocenters. The fourth-order valence-electron chi connectivity index (χ4n) is 5.61. The highest BCUT2D eigenvalue weighted by atomic mass is 35.5. The van der Waals surface area contributed by atoms with Crippen LogP contribution in [0.5, 0.6) is 17.4 Å². The number of aryl methyl sites for hydroxylation is 1. The Bertz CT molecular complexity index is 1580. The summed E-state index contributed by atoms with van der Waals surface area (Å²) in [6, 6.07) is 14.6. The van der Waals surface area contributed by atoms with E-state index in [1.807, 2.05) is 37.3 Å². The number of carboxylic acids is 1. The van der Waals surface area contributed by atoms with Gasteiger partial charge in [-0.05, 0) is 79.8 Å². The lowest BCUT2D eigenvalue weighted by Crippen LogP contribution is -2.07. The highest BCUT2D eigenvalue weighted by Gasteiger charge is 2.37. The number of hydrogen-bond acceptors (Lipinski definition) is 6. The number of halogens is 1. The van der Waals surface area contributed by atoms with Crippen LogP contribution in [0.2, 0.25) is 5.02 Å². The quantitative estimate of drug-likeness (QED) is 0.255. The molecule has 7 rings (SSSR count). The number of aromatic nitrogens is 2. The second-order valence-corrected chi connectivity index (χ2v) is 11.2. The highest BCUT2D eigenvalue weighted by Crippen LogP contribution is 2.50. The molecule has 2 aliphatic carbocycles. The van der Waals surface area contributed by atoms with Crippen molar-refractivity contribution in [3.63, 3.8) is 0 Å². The van der Waals surface area contributed by atoms with Crippen LogP contribution in [-0.4, -0.2) is 21.2 Å². The van der Waals surface area contributed by atoms with Crippen LogP contribution < -0.4 is 9.47 Å². The van der Waals surface area contributed by atoms with E-state index in [2.05, 4.69) is 5.16 Å². The van der Waals surface area contributed by atoms with Gasteiger partial charge in [-0.1, -0.05) is 35.0 Å². The van der Waals surface area contributed by atoms with Crippen LogP contribution in [0.1, 0.15) is 76.0 Å². The molecule has 2 saturated carbocycles. The van der Waals surface area contributed by atoms with Crippen molar-refractivity contribution in [2.75, 3.05) is 0 Å². The van der Waals surface area contributed by atoms with E-state index < -0.39 is 5.97 Å². The zero-order valence-electron chi connectivity index (χ0n) is 21.4. The van der Waals surface area contributed by atoms with E-state index in [9.17, 15) is 9.90 Å². The van der Waals surface area contributed by atoms with Crippen LogP contribution in [0.3, 0.4) is 0 Å². The molecule has 7 nitrogen and oxygen atoms in total. The van der Waals surface area contributed by atoms with E-state index in [0.717, 1.165) is 65.1 Å². The standard InChI is InChI=1S/C31H27ClN2O5/c1-16-3-2-4-23(32)28(16)29-22(30(39-34-29)18-7-8-18)15-37-27-12-11-25-24(33-27)14-21(17-5-6-17)20-10-9-19(31(35)36)13-26(20)38-25/h2-4,9-13,17-18,21H,5-8,14-15H2,1H3,(H,35,36)/t21-/m0/s1. The van der Waals surface area contributed by atoms with Crippen LogP contribution in [0.15, 0.2) is 53.1 Å². The molecule has 1 N–H and O–H groups in total. The number of fused-ring (bicyclic) bond motifs is 2. The van der Waals surface area contributed by atoms with Gasteiger partial charge in [-0.15, -0.1) is 0 Å². The number of rotatable bonds is 7. The van der Waals surface area contributed by atoms with Crippen molar-refractivity contribution in [2.45, 2.75) is 57.5 Å². The van der Waals surface area contributed by atoms with Gasteiger partial charge in [0.15, 0.2) is 0 Å². The molecule has 0 bridgehead atoms. The largest absolute Gasteiger partial charge is 0.478 e. The summed E-state index contributed by atoms with van der Waals surface area (Å²) in [6.45, 7) is 2.27. The van der Waals surface area contributed by atoms with Gasteiger partial charge in [0, 0.05) is 24.0 Å². The Balaban J connectivity index is 1.19. The minimum Gasteiger partial charge on any atom is -0.478 e. The van der Waals surface area contributed by atoms with Crippen molar-refractivity contribution in [1.82, 2.24) is 10.1 Å². The molecule has 8 heteroatoms. The SMILES string of the molecule is Cc1cccc(Cl)c1-c1noc(C2CC2)c1COc1ccc2c(n1)C[C@@H](C1CC1)c1ccc(C(=O)O)cc1O2. The third kappa shape index (κ3) is 4.55. The van der Waals surface area contributed by atoms with Crippen molar-refractivity contribution >= 4 is 17.6 Å². The fourth-order valence-corrected chi connectivity index (χ4v) is 5.92. The summed E-state index contributed by atoms with van der Waals surface area (Å²) in [5.74, 6) is 2.73. The van der Waals surface area contributed by atoms with E-state index in [1.54, 1.807) is 18.2 Å². The van der Waals surface area contributed by atoms with E-state index in [1.165, 1.54) is 0 Å². The minimum atomic E-state index is -0.971. The molecular weight excluding hydrogens is 516 g/mol. The molecule has 0 unspecified atom stereocenters. The number of nitrogens with zero attached hydrogens (tertiary/aromatic N) is 2. The Labute approximate surface area is 230 Å². The average molecular weight is 543 g/mol. The molecular formula is C31H27ClN2O5. The predicted molar refractivity (Wildman–Crippen MR) is 145 cm³/mol. The van der Waals surface area contributed by atoms with Gasteiger partial charge in [0.1, 0.15) is 29.6 Å². The molecule has 0 spiro atoms. The van der Waals surface area contributed by atoms with Gasteiger partial charge in [-0.3, -0.25) is 0 Å². The van der Waals surface area contributed by atoms with Gasteiger partial charge < -0.3 is 19.1 Å². The van der Waals surface area contributed by atoms with Crippen LogP contribution in [0, 0.1) is 12.8 Å². The molecule has 198 valence electrons. The van der Waals surface area contributed by atoms with Crippen LogP contribution >= 0.6 is 11.6 Å². The summed E-state index contributed by atoms with van der Waals surface area (Å²) in [6.07, 6.45) is 5.16. The maximum atomic E-state index is 11.6. The first-order valence-electron chi connectivity index (χ1n) is 13.4. The van der Waals surface area contributed by atoms with E-state index in [0.29, 0.717) is 40.7 Å². The summed E-state index contributed by atoms with van der Waals surface area (Å²) in [4.78, 5) is 16.4. The number of carbonyl (C=O) groups is 1. The van der Waals surface area contributed by atoms with E-state index in [-0.39, 0.29) is 18.1 Å². The van der Waals surface area contributed by atoms with Gasteiger partial charge in [0.2, 0.25) is 5.88 Å². The Morgan fingerprint density at radius 3 is 2.69 bits per heavy atom. The van der Waals surface area contributed by atoms with Crippen LogP contribution in [0.4, 0.5) is 0 Å². The van der Waals surface area contributed by atoms with Gasteiger partial charge in [0.05, 0.1) is 21.8 Å². The lowest BCUT2D eigenvalue weighted by atomic mass is 9.89. The first kappa shape index (κ1) is 24.2. The third-order valence-corrected chi connectivity index (χ3v) is 8.30. The molecule has 39 heavy (non-hydrogen) atoms. The van der Waals surface area contributed by atoms with Crippen molar-refractivity contribution in [3.05, 3.63) is 87.3 Å². The molecule has 0 amide bonds. The van der Waals surface area contributed by atoms with Gasteiger partial charge in [0.25, 0.3) is 0 Å². The Morgan fingerprint density at radius 2 is 1.95 bits per heavy atom. The fraction of sp³-hybridized carbons (Fsp3) is 0.323. The molecule has 0 saturated heterocycles. The van der Waals surface area contributed by atoms with Crippen molar-refractivity contribution in [2.24, 2.45) is 5.92 Å². The first-order valence-corrected chi connectivity index (χ1v) is 13.8. The normalized spacial score (nSPS) is 18.1. The maximum absolute atomic E-state index is 11.6. The Kier molecular flexibility index (Phi) is 5.85. The zero-order valence-corrected chi connectivity index (χ0v) is 22.2. The molecule has 2 fully saturated rings. The van der Waals surface area contributed by atoms with Crippen LogP contribution in [-0.2, 0) is 13.0 Å². The summed E-state index contributed by atoms with van der Waals surface area (Å²) in [5, 5.41) is 14.5. The summed E-state index contributed by atoms with van der Waals surface area (Å²) in [5.41, 5.74) is 5.58. The number of pyridine rings is 1. The molecule has 2 aromatic carbocycles. The zero-order chi connectivity index (χ0) is 26.7. The third-order valence-electron chi connectivity index (χ3n) is 7.98. The minimum absolute atomic E-state index is 0.212.